The van der Waals surface area contributed by atoms with Gasteiger partial charge >= 0.3 is 0 Å². The molecule has 1 atom stereocenters. The standard InChI is InChI=1S/C38H43N15O5S/c1-22-44-30(28-14-24(21-52-10-12-53(13-11-52)59(5,55)56)17-42-34(28)48-26-6-8-32(57-3)40-19-26)16-31(45-22)50-37(54)25-15-29(36-46-23(2)47-38(39)51-36)35(43-18-25)49-27-7-9-33(58-4)41-20-27/h6-9,14-20,37,54H,10-13,21H2,1-5H3,(H,42,48)(H,43,49)(H,44,45,50)(H2,39,46,47,51). The molecule has 306 valence electrons. The summed E-state index contributed by atoms with van der Waals surface area (Å²) in [6.45, 7) is 5.96. The lowest BCUT2D eigenvalue weighted by Crippen LogP contribution is -2.47. The van der Waals surface area contributed by atoms with E-state index in [2.05, 4.69) is 55.7 Å². The Morgan fingerprint density at radius 2 is 1.39 bits per heavy atom. The molecule has 59 heavy (non-hydrogen) atoms. The fourth-order valence-electron chi connectivity index (χ4n) is 6.32. The molecule has 6 aromatic heterocycles. The smallest absolute Gasteiger partial charge is 0.223 e. The molecule has 0 spiro atoms. The van der Waals surface area contributed by atoms with E-state index in [1.807, 2.05) is 12.1 Å². The third-order valence-electron chi connectivity index (χ3n) is 9.20. The minimum Gasteiger partial charge on any atom is -0.481 e. The van der Waals surface area contributed by atoms with Crippen molar-refractivity contribution in [2.75, 3.05) is 68.3 Å². The number of nitrogens with two attached hydrogens (primary N) is 1. The molecule has 7 rings (SSSR count). The third-order valence-corrected chi connectivity index (χ3v) is 10.5. The van der Waals surface area contributed by atoms with Gasteiger partial charge in [0.1, 0.15) is 29.1 Å². The molecular formula is C38H43N15O5S. The number of aliphatic hydroxyl groups is 1. The zero-order valence-electron chi connectivity index (χ0n) is 32.9. The lowest BCUT2D eigenvalue weighted by molar-refractivity contribution is 0.182. The number of aliphatic hydroxyl groups excluding tert-OH is 1. The van der Waals surface area contributed by atoms with Crippen LogP contribution in [-0.4, -0.2) is 114 Å². The predicted molar refractivity (Wildman–Crippen MR) is 221 cm³/mol. The molecule has 1 fully saturated rings. The van der Waals surface area contributed by atoms with Crippen LogP contribution >= 0.6 is 0 Å². The molecule has 0 bridgehead atoms. The van der Waals surface area contributed by atoms with Crippen molar-refractivity contribution in [1.82, 2.24) is 54.1 Å². The van der Waals surface area contributed by atoms with Gasteiger partial charge in [-0.1, -0.05) is 0 Å². The quantitative estimate of drug-likeness (QED) is 0.0986. The normalized spacial score (nSPS) is 14.1. The first-order valence-corrected chi connectivity index (χ1v) is 20.2. The van der Waals surface area contributed by atoms with E-state index >= 15 is 0 Å². The van der Waals surface area contributed by atoms with Gasteiger partial charge in [0.2, 0.25) is 27.7 Å². The first kappa shape index (κ1) is 40.5. The second-order valence-corrected chi connectivity index (χ2v) is 15.6. The van der Waals surface area contributed by atoms with E-state index in [1.165, 1.54) is 23.9 Å². The highest BCUT2D eigenvalue weighted by atomic mass is 32.2. The van der Waals surface area contributed by atoms with Gasteiger partial charge in [0.15, 0.2) is 12.1 Å². The van der Waals surface area contributed by atoms with Crippen molar-refractivity contribution < 1.29 is 23.0 Å². The molecule has 0 saturated carbocycles. The van der Waals surface area contributed by atoms with Crippen LogP contribution in [0, 0.1) is 13.8 Å². The van der Waals surface area contributed by atoms with Crippen LogP contribution in [0.5, 0.6) is 11.8 Å². The number of hydrogen-bond acceptors (Lipinski definition) is 19. The fourth-order valence-corrected chi connectivity index (χ4v) is 7.14. The summed E-state index contributed by atoms with van der Waals surface area (Å²) in [4.78, 5) is 42.4. The maximum Gasteiger partial charge on any atom is 0.223 e. The molecule has 1 saturated heterocycles. The monoisotopic (exact) mass is 821 g/mol. The Bertz CT molecular complexity index is 2520. The van der Waals surface area contributed by atoms with Crippen LogP contribution in [-0.2, 0) is 16.6 Å². The molecule has 7 heterocycles. The highest BCUT2D eigenvalue weighted by Gasteiger charge is 2.24. The fraction of sp³-hybridized carbons (Fsp3) is 0.289. The van der Waals surface area contributed by atoms with Gasteiger partial charge < -0.3 is 36.3 Å². The van der Waals surface area contributed by atoms with Gasteiger partial charge in [-0.05, 0) is 43.7 Å². The van der Waals surface area contributed by atoms with Crippen molar-refractivity contribution in [1.29, 1.82) is 0 Å². The number of aryl methyl sites for hydroxylation is 2. The Morgan fingerprint density at radius 3 is 1.98 bits per heavy atom. The summed E-state index contributed by atoms with van der Waals surface area (Å²) >= 11 is 0. The highest BCUT2D eigenvalue weighted by molar-refractivity contribution is 7.88. The summed E-state index contributed by atoms with van der Waals surface area (Å²) < 4.78 is 36.1. The molecule has 6 N–H and O–H groups in total. The van der Waals surface area contributed by atoms with Gasteiger partial charge in [-0.3, -0.25) is 4.90 Å². The predicted octanol–water partition coefficient (Wildman–Crippen LogP) is 3.46. The summed E-state index contributed by atoms with van der Waals surface area (Å²) in [6, 6.07) is 12.5. The number of nitrogens with one attached hydrogen (secondary N) is 3. The lowest BCUT2D eigenvalue weighted by Gasteiger charge is -2.33. The van der Waals surface area contributed by atoms with E-state index in [1.54, 1.807) is 69.9 Å². The number of rotatable bonds is 14. The van der Waals surface area contributed by atoms with Crippen molar-refractivity contribution in [2.24, 2.45) is 0 Å². The molecule has 20 nitrogen and oxygen atoms in total. The third kappa shape index (κ3) is 10.1. The van der Waals surface area contributed by atoms with Crippen molar-refractivity contribution in [3.63, 3.8) is 0 Å². The van der Waals surface area contributed by atoms with Crippen molar-refractivity contribution in [3.8, 4) is 34.4 Å². The van der Waals surface area contributed by atoms with Gasteiger partial charge in [-0.25, -0.2) is 43.3 Å². The molecule has 0 amide bonds. The van der Waals surface area contributed by atoms with Crippen LogP contribution in [0.2, 0.25) is 0 Å². The number of pyridine rings is 4. The Labute approximate surface area is 340 Å². The molecule has 21 heteroatoms. The molecule has 0 aliphatic carbocycles. The van der Waals surface area contributed by atoms with Crippen LogP contribution < -0.4 is 31.2 Å². The zero-order valence-corrected chi connectivity index (χ0v) is 33.8. The number of sulfonamides is 1. The van der Waals surface area contributed by atoms with Gasteiger partial charge in [-0.15, -0.1) is 0 Å². The molecule has 1 aliphatic heterocycles. The molecule has 6 aromatic rings. The molecule has 1 aliphatic rings. The van der Waals surface area contributed by atoms with Crippen molar-refractivity contribution >= 4 is 44.8 Å². The number of aromatic nitrogens is 9. The van der Waals surface area contributed by atoms with Crippen molar-refractivity contribution in [2.45, 2.75) is 26.6 Å². The number of nitrogen functional groups attached to an aromatic ring is 1. The Hall–Kier alpha value is -6.68. The lowest BCUT2D eigenvalue weighted by atomic mass is 10.1. The van der Waals surface area contributed by atoms with E-state index < -0.39 is 16.3 Å². The Balaban J connectivity index is 1.19. The second kappa shape index (κ2) is 17.4. The van der Waals surface area contributed by atoms with Crippen molar-refractivity contribution in [3.05, 3.63) is 90.0 Å². The van der Waals surface area contributed by atoms with Gasteiger partial charge in [-0.2, -0.15) is 14.3 Å². The topological polar surface area (TPSA) is 257 Å². The minimum atomic E-state index is -3.26. The maximum atomic E-state index is 12.1. The summed E-state index contributed by atoms with van der Waals surface area (Å²) in [7, 11) is -0.182. The van der Waals surface area contributed by atoms with Crippen LogP contribution in [0.4, 0.5) is 34.8 Å². The molecular weight excluding hydrogens is 779 g/mol. The number of hydrogen-bond donors (Lipinski definition) is 5. The molecule has 0 aromatic carbocycles. The average Bonchev–Trinajstić information content (AvgIpc) is 3.21. The maximum absolute atomic E-state index is 12.1. The van der Waals surface area contributed by atoms with Gasteiger partial charge in [0.05, 0.1) is 55.5 Å². The number of ether oxygens (including phenoxy) is 2. The van der Waals surface area contributed by atoms with Crippen LogP contribution in [0.25, 0.3) is 22.6 Å². The Kier molecular flexibility index (Phi) is 12.0. The van der Waals surface area contributed by atoms with Crippen LogP contribution in [0.15, 0.2) is 67.3 Å². The van der Waals surface area contributed by atoms with E-state index in [0.29, 0.717) is 107 Å². The van der Waals surface area contributed by atoms with Gasteiger partial charge in [0, 0.05) is 74.4 Å². The summed E-state index contributed by atoms with van der Waals surface area (Å²) in [5, 5.41) is 21.3. The highest BCUT2D eigenvalue weighted by Crippen LogP contribution is 2.33. The van der Waals surface area contributed by atoms with E-state index in [-0.39, 0.29) is 11.8 Å². The summed E-state index contributed by atoms with van der Waals surface area (Å²) in [5.41, 5.74) is 10.2. The summed E-state index contributed by atoms with van der Waals surface area (Å²) in [6.07, 6.45) is 6.46. The minimum absolute atomic E-state index is 0.0304. The zero-order chi connectivity index (χ0) is 41.7. The largest absolute Gasteiger partial charge is 0.481 e. The SMILES string of the molecule is COc1ccc(Nc2ncc(CN3CCN(S(C)(=O)=O)CC3)cc2-c2cc(NC(O)c3cnc(Nc4ccc(OC)nc4)c(-c4nc(C)nc(N)n4)c3)nc(C)n2)cn1. The number of piperazine rings is 1. The first-order valence-electron chi connectivity index (χ1n) is 18.3. The Morgan fingerprint density at radius 1 is 0.763 bits per heavy atom. The number of nitrogens with zero attached hydrogens (tertiary/aromatic N) is 11. The summed E-state index contributed by atoms with van der Waals surface area (Å²) in [5.74, 6) is 3.24. The van der Waals surface area contributed by atoms with E-state index in [9.17, 15) is 13.5 Å². The molecule has 0 radical (unpaired) electrons. The first-order chi connectivity index (χ1) is 28.3. The second-order valence-electron chi connectivity index (χ2n) is 13.6. The van der Waals surface area contributed by atoms with E-state index in [0.717, 1.165) is 5.56 Å². The van der Waals surface area contributed by atoms with Crippen LogP contribution in [0.1, 0.15) is 29.0 Å². The van der Waals surface area contributed by atoms with E-state index in [4.69, 9.17) is 25.2 Å². The average molecular weight is 822 g/mol. The van der Waals surface area contributed by atoms with Crippen LogP contribution in [0.3, 0.4) is 0 Å². The molecule has 1 unspecified atom stereocenters. The van der Waals surface area contributed by atoms with Gasteiger partial charge in [0.25, 0.3) is 0 Å². The number of anilines is 6. The number of methoxy groups -OCH3 is 2.